The van der Waals surface area contributed by atoms with Gasteiger partial charge in [-0.3, -0.25) is 18.6 Å². The Morgan fingerprint density at radius 2 is 1.08 bits per heavy atom. The van der Waals surface area contributed by atoms with E-state index in [0.29, 0.717) is 6.42 Å². The third-order valence-electron chi connectivity index (χ3n) is 8.30. The van der Waals surface area contributed by atoms with Crippen molar-refractivity contribution < 1.29 is 47.8 Å². The number of esters is 2. The Kier molecular flexibility index (Phi) is 35.2. The maximum absolute atomic E-state index is 12.5. The molecule has 10 nitrogen and oxygen atoms in total. The van der Waals surface area contributed by atoms with Crippen LogP contribution in [0.2, 0.25) is 0 Å². The highest BCUT2D eigenvalue weighted by atomic mass is 31.2. The molecule has 0 aromatic heterocycles. The van der Waals surface area contributed by atoms with Crippen LogP contribution in [0.4, 0.5) is 0 Å². The lowest BCUT2D eigenvalue weighted by Gasteiger charge is -2.20. The Morgan fingerprint density at radius 1 is 0.608 bits per heavy atom. The zero-order chi connectivity index (χ0) is 37.7. The number of hydrogen-bond acceptors (Lipinski definition) is 9. The van der Waals surface area contributed by atoms with E-state index in [1.807, 2.05) is 6.08 Å². The van der Waals surface area contributed by atoms with E-state index >= 15 is 0 Å². The van der Waals surface area contributed by atoms with Crippen molar-refractivity contribution >= 4 is 19.8 Å². The van der Waals surface area contributed by atoms with Crippen LogP contribution in [0.1, 0.15) is 168 Å². The van der Waals surface area contributed by atoms with Crippen molar-refractivity contribution in [3.63, 3.8) is 0 Å². The number of rotatable bonds is 37. The first-order valence-corrected chi connectivity index (χ1v) is 21.4. The summed E-state index contributed by atoms with van der Waals surface area (Å²) in [6, 6.07) is 0. The smallest absolute Gasteiger partial charge is 0.462 e. The molecule has 0 saturated heterocycles. The van der Waals surface area contributed by atoms with E-state index in [1.54, 1.807) is 6.08 Å². The van der Waals surface area contributed by atoms with Gasteiger partial charge in [0.1, 0.15) is 12.7 Å². The summed E-state index contributed by atoms with van der Waals surface area (Å²) in [5.74, 6) is -1.04. The van der Waals surface area contributed by atoms with Gasteiger partial charge in [0.05, 0.1) is 26.2 Å². The molecule has 0 aliphatic rings. The molecular weight excluding hydrogens is 671 g/mol. The molecule has 3 N–H and O–H groups in total. The number of aliphatic hydroxyl groups excluding tert-OH is 2. The second-order valence-electron chi connectivity index (χ2n) is 13.3. The first-order chi connectivity index (χ1) is 24.7. The van der Waals surface area contributed by atoms with Crippen LogP contribution >= 0.6 is 7.82 Å². The quantitative estimate of drug-likeness (QED) is 0.0243. The Labute approximate surface area is 310 Å². The topological polar surface area (TPSA) is 149 Å². The molecule has 51 heavy (non-hydrogen) atoms. The van der Waals surface area contributed by atoms with Gasteiger partial charge in [-0.05, 0) is 51.4 Å². The van der Waals surface area contributed by atoms with Gasteiger partial charge in [0, 0.05) is 6.42 Å². The van der Waals surface area contributed by atoms with Crippen molar-refractivity contribution in [1.29, 1.82) is 0 Å². The number of carbonyl (C=O) groups excluding carboxylic acids is 2. The summed E-state index contributed by atoms with van der Waals surface area (Å²) >= 11 is 0. The molecule has 1 unspecified atom stereocenters. The SMILES string of the molecule is CCCCC/C=C\C/C=C\CCCCCCCC(=O)OC[C@H](COP(=O)(O)OC[C@@H](O)CO)OC(=O)C/C=C/CCCCCCCCCCCC. The Balaban J connectivity index is 4.42. The highest BCUT2D eigenvalue weighted by Crippen LogP contribution is 2.43. The van der Waals surface area contributed by atoms with Crippen molar-refractivity contribution in [1.82, 2.24) is 0 Å². The number of aliphatic hydroxyl groups is 2. The van der Waals surface area contributed by atoms with Crippen LogP contribution in [0.25, 0.3) is 0 Å². The van der Waals surface area contributed by atoms with Gasteiger partial charge in [-0.25, -0.2) is 4.57 Å². The van der Waals surface area contributed by atoms with E-state index in [4.69, 9.17) is 19.1 Å². The summed E-state index contributed by atoms with van der Waals surface area (Å²) in [6.07, 6.45) is 35.6. The lowest BCUT2D eigenvalue weighted by atomic mass is 10.1. The van der Waals surface area contributed by atoms with Crippen LogP contribution in [0.15, 0.2) is 36.5 Å². The van der Waals surface area contributed by atoms with Gasteiger partial charge >= 0.3 is 19.8 Å². The first-order valence-electron chi connectivity index (χ1n) is 19.9. The predicted molar refractivity (Wildman–Crippen MR) is 205 cm³/mol. The van der Waals surface area contributed by atoms with Crippen LogP contribution in [0.3, 0.4) is 0 Å². The van der Waals surface area contributed by atoms with Gasteiger partial charge in [0.2, 0.25) is 0 Å². The van der Waals surface area contributed by atoms with Gasteiger partial charge in [-0.15, -0.1) is 0 Å². The third-order valence-corrected chi connectivity index (χ3v) is 9.25. The highest BCUT2D eigenvalue weighted by Gasteiger charge is 2.27. The fourth-order valence-corrected chi connectivity index (χ4v) is 5.97. The fourth-order valence-electron chi connectivity index (χ4n) is 5.18. The standard InChI is InChI=1S/C40H73O10P/c1-3-5-7-9-11-13-15-17-18-20-21-23-25-27-29-31-39(43)47-35-38(36-49-51(45,46)48-34-37(42)33-41)50-40(44)32-30-28-26-24-22-19-16-14-12-10-8-6-4-2/h11,13,17-18,28,30,37-38,41-42H,3-10,12,14-16,19-27,29,31-36H2,1-2H3,(H,45,46)/b13-11-,18-17-,30-28+/t37-,38+/m0/s1. The van der Waals surface area contributed by atoms with Crippen molar-refractivity contribution in [2.45, 2.75) is 180 Å². The zero-order valence-corrected chi connectivity index (χ0v) is 33.0. The molecule has 0 amide bonds. The molecule has 0 fully saturated rings. The molecule has 0 rings (SSSR count). The number of ether oxygens (including phenoxy) is 2. The molecule has 3 atom stereocenters. The third kappa shape index (κ3) is 36.3. The van der Waals surface area contributed by atoms with Gasteiger partial charge in [-0.1, -0.05) is 140 Å². The largest absolute Gasteiger partial charge is 0.472 e. The van der Waals surface area contributed by atoms with Gasteiger partial charge in [-0.2, -0.15) is 0 Å². The number of hydrogen-bond donors (Lipinski definition) is 3. The van der Waals surface area contributed by atoms with Crippen LogP contribution in [-0.2, 0) is 32.7 Å². The number of allylic oxidation sites excluding steroid dienone is 5. The summed E-state index contributed by atoms with van der Waals surface area (Å²) in [6.45, 7) is 2.26. The van der Waals surface area contributed by atoms with E-state index in [2.05, 4.69) is 42.7 Å². The van der Waals surface area contributed by atoms with Crippen LogP contribution in [0, 0.1) is 0 Å². The van der Waals surface area contributed by atoms with E-state index in [1.165, 1.54) is 70.6 Å². The Morgan fingerprint density at radius 3 is 1.65 bits per heavy atom. The van der Waals surface area contributed by atoms with E-state index in [9.17, 15) is 24.2 Å². The van der Waals surface area contributed by atoms with Crippen molar-refractivity contribution in [3.05, 3.63) is 36.5 Å². The minimum Gasteiger partial charge on any atom is -0.462 e. The Hall–Kier alpha value is -1.81. The van der Waals surface area contributed by atoms with Crippen LogP contribution in [-0.4, -0.2) is 65.7 Å². The maximum atomic E-state index is 12.5. The van der Waals surface area contributed by atoms with Crippen molar-refractivity contribution in [2.24, 2.45) is 0 Å². The lowest BCUT2D eigenvalue weighted by Crippen LogP contribution is -2.29. The fraction of sp³-hybridized carbons (Fsp3) is 0.800. The molecule has 0 aromatic carbocycles. The summed E-state index contributed by atoms with van der Waals surface area (Å²) in [5.41, 5.74) is 0. The second kappa shape index (κ2) is 36.5. The maximum Gasteiger partial charge on any atom is 0.472 e. The zero-order valence-electron chi connectivity index (χ0n) is 32.1. The predicted octanol–water partition coefficient (Wildman–Crippen LogP) is 10.00. The monoisotopic (exact) mass is 744 g/mol. The normalized spacial score (nSPS) is 14.4. The molecule has 0 radical (unpaired) electrons. The average Bonchev–Trinajstić information content (AvgIpc) is 3.12. The highest BCUT2D eigenvalue weighted by molar-refractivity contribution is 7.47. The van der Waals surface area contributed by atoms with E-state index in [-0.39, 0.29) is 19.4 Å². The molecule has 0 aliphatic heterocycles. The van der Waals surface area contributed by atoms with Gasteiger partial charge in [0.25, 0.3) is 0 Å². The number of carbonyl (C=O) groups is 2. The molecule has 0 saturated carbocycles. The molecule has 0 heterocycles. The molecule has 0 aromatic rings. The number of phosphoric acid groups is 1. The summed E-state index contributed by atoms with van der Waals surface area (Å²) in [5, 5.41) is 18.3. The molecule has 0 spiro atoms. The van der Waals surface area contributed by atoms with E-state index in [0.717, 1.165) is 64.2 Å². The Bertz CT molecular complexity index is 952. The average molecular weight is 745 g/mol. The minimum atomic E-state index is -4.63. The molecule has 0 aliphatic carbocycles. The van der Waals surface area contributed by atoms with E-state index < -0.39 is 51.8 Å². The minimum absolute atomic E-state index is 0.00412. The van der Waals surface area contributed by atoms with Gasteiger partial charge in [0.15, 0.2) is 6.10 Å². The number of phosphoric ester groups is 1. The number of unbranched alkanes of at least 4 members (excludes halogenated alkanes) is 18. The summed E-state index contributed by atoms with van der Waals surface area (Å²) < 4.78 is 32.5. The first kappa shape index (κ1) is 49.2. The summed E-state index contributed by atoms with van der Waals surface area (Å²) in [4.78, 5) is 34.8. The van der Waals surface area contributed by atoms with Crippen molar-refractivity contribution in [3.8, 4) is 0 Å². The van der Waals surface area contributed by atoms with Crippen LogP contribution < -0.4 is 0 Å². The second-order valence-corrected chi connectivity index (χ2v) is 14.8. The molecular formula is C40H73O10P. The molecule has 11 heteroatoms. The van der Waals surface area contributed by atoms with Crippen LogP contribution in [0.5, 0.6) is 0 Å². The molecule has 298 valence electrons. The summed E-state index contributed by atoms with van der Waals surface area (Å²) in [7, 11) is -4.63. The lowest BCUT2D eigenvalue weighted by molar-refractivity contribution is -0.160. The van der Waals surface area contributed by atoms with Crippen molar-refractivity contribution in [2.75, 3.05) is 26.4 Å². The molecule has 0 bridgehead atoms. The van der Waals surface area contributed by atoms with Gasteiger partial charge < -0.3 is 24.6 Å².